The molecule has 17 heavy (non-hydrogen) atoms. The van der Waals surface area contributed by atoms with Crippen LogP contribution < -0.4 is 11.1 Å². The summed E-state index contributed by atoms with van der Waals surface area (Å²) in [6, 6.07) is 6.36. The van der Waals surface area contributed by atoms with Crippen LogP contribution in [0.25, 0.3) is 0 Å². The molecule has 4 N–H and O–H groups in total. The molecule has 88 valence electrons. The minimum absolute atomic E-state index is 0.129. The molecule has 1 heterocycles. The van der Waals surface area contributed by atoms with Crippen molar-refractivity contribution in [3.05, 3.63) is 41.8 Å². The number of hydrogen-bond donors (Lipinski definition) is 3. The van der Waals surface area contributed by atoms with Gasteiger partial charge >= 0.3 is 5.97 Å². The molecule has 1 aromatic carbocycles. The Morgan fingerprint density at radius 1 is 1.47 bits per heavy atom. The van der Waals surface area contributed by atoms with Crippen molar-refractivity contribution >= 4 is 17.3 Å². The van der Waals surface area contributed by atoms with Gasteiger partial charge in [0.1, 0.15) is 0 Å². The van der Waals surface area contributed by atoms with Gasteiger partial charge in [0.05, 0.1) is 18.3 Å². The van der Waals surface area contributed by atoms with E-state index in [4.69, 9.17) is 15.4 Å². The van der Waals surface area contributed by atoms with Gasteiger partial charge in [-0.25, -0.2) is 4.79 Å². The molecular formula is C11H11N3O3. The predicted molar refractivity (Wildman–Crippen MR) is 61.6 cm³/mol. The molecule has 0 aliphatic heterocycles. The van der Waals surface area contributed by atoms with Crippen LogP contribution in [0.15, 0.2) is 35.0 Å². The van der Waals surface area contributed by atoms with Gasteiger partial charge in [-0.05, 0) is 18.2 Å². The van der Waals surface area contributed by atoms with Crippen LogP contribution in [0.1, 0.15) is 16.1 Å². The Morgan fingerprint density at radius 3 is 2.94 bits per heavy atom. The van der Waals surface area contributed by atoms with Crippen LogP contribution >= 0.6 is 0 Å². The number of carboxylic acid groups (broad SMARTS) is 1. The summed E-state index contributed by atoms with van der Waals surface area (Å²) in [6.45, 7) is 0.365. The predicted octanol–water partition coefficient (Wildman–Crippen LogP) is 1.57. The van der Waals surface area contributed by atoms with Gasteiger partial charge < -0.3 is 20.7 Å². The molecule has 2 rings (SSSR count). The molecule has 0 saturated heterocycles. The van der Waals surface area contributed by atoms with Crippen molar-refractivity contribution in [3.63, 3.8) is 0 Å². The van der Waals surface area contributed by atoms with Crippen LogP contribution in [-0.2, 0) is 6.54 Å². The highest BCUT2D eigenvalue weighted by Crippen LogP contribution is 2.19. The average molecular weight is 233 g/mol. The summed E-state index contributed by atoms with van der Waals surface area (Å²) in [5.74, 6) is -0.407. The Hall–Kier alpha value is -2.50. The quantitative estimate of drug-likeness (QED) is 0.693. The first-order valence-electron chi connectivity index (χ1n) is 4.93. The lowest BCUT2D eigenvalue weighted by atomic mass is 10.1. The SMILES string of the molecule is Nc1ccc(NCc2ccno2)c(C(=O)O)c1. The lowest BCUT2D eigenvalue weighted by molar-refractivity contribution is 0.0698. The van der Waals surface area contributed by atoms with Crippen LogP contribution in [0, 0.1) is 0 Å². The summed E-state index contributed by atoms with van der Waals surface area (Å²) in [5.41, 5.74) is 6.56. The fourth-order valence-corrected chi connectivity index (χ4v) is 1.41. The lowest BCUT2D eigenvalue weighted by Crippen LogP contribution is -2.06. The third-order valence-corrected chi connectivity index (χ3v) is 2.22. The highest BCUT2D eigenvalue weighted by atomic mass is 16.5. The zero-order valence-corrected chi connectivity index (χ0v) is 8.88. The number of anilines is 2. The second kappa shape index (κ2) is 4.56. The fraction of sp³-hybridized carbons (Fsp3) is 0.0909. The number of nitrogens with two attached hydrogens (primary N) is 1. The Kier molecular flexibility index (Phi) is 2.95. The molecule has 0 radical (unpaired) electrons. The largest absolute Gasteiger partial charge is 0.478 e. The first kappa shape index (κ1) is 11.0. The summed E-state index contributed by atoms with van der Waals surface area (Å²) in [5, 5.41) is 15.5. The second-order valence-corrected chi connectivity index (χ2v) is 3.44. The number of hydrogen-bond acceptors (Lipinski definition) is 5. The van der Waals surface area contributed by atoms with Crippen LogP contribution in [0.5, 0.6) is 0 Å². The number of carboxylic acids is 1. The van der Waals surface area contributed by atoms with Crippen LogP contribution in [0.2, 0.25) is 0 Å². The topological polar surface area (TPSA) is 101 Å². The standard InChI is InChI=1S/C11H11N3O3/c12-7-1-2-10(9(5-7)11(15)16)13-6-8-3-4-14-17-8/h1-5,13H,6,12H2,(H,15,16). The maximum Gasteiger partial charge on any atom is 0.337 e. The summed E-state index contributed by atoms with van der Waals surface area (Å²) >= 11 is 0. The molecule has 0 bridgehead atoms. The van der Waals surface area contributed by atoms with E-state index in [2.05, 4.69) is 10.5 Å². The minimum Gasteiger partial charge on any atom is -0.478 e. The first-order valence-corrected chi connectivity index (χ1v) is 4.93. The first-order chi connectivity index (χ1) is 8.16. The van der Waals surface area contributed by atoms with Gasteiger partial charge in [0.15, 0.2) is 5.76 Å². The fourth-order valence-electron chi connectivity index (χ4n) is 1.41. The van der Waals surface area contributed by atoms with Gasteiger partial charge in [-0.1, -0.05) is 5.16 Å². The molecular weight excluding hydrogens is 222 g/mol. The average Bonchev–Trinajstić information content (AvgIpc) is 2.80. The van der Waals surface area contributed by atoms with Crippen LogP contribution in [0.3, 0.4) is 0 Å². The van der Waals surface area contributed by atoms with E-state index in [0.29, 0.717) is 23.7 Å². The molecule has 6 nitrogen and oxygen atoms in total. The molecule has 0 atom stereocenters. The normalized spacial score (nSPS) is 10.1. The maximum absolute atomic E-state index is 11.0. The molecule has 0 amide bonds. The summed E-state index contributed by atoms with van der Waals surface area (Å²) in [4.78, 5) is 11.0. The zero-order chi connectivity index (χ0) is 12.3. The number of nitrogens with zero attached hydrogens (tertiary/aromatic N) is 1. The highest BCUT2D eigenvalue weighted by molar-refractivity contribution is 5.95. The van der Waals surface area contributed by atoms with Gasteiger partial charge in [0.2, 0.25) is 0 Å². The third-order valence-electron chi connectivity index (χ3n) is 2.22. The van der Waals surface area contributed by atoms with Crippen LogP contribution in [0.4, 0.5) is 11.4 Å². The Morgan fingerprint density at radius 2 is 2.29 bits per heavy atom. The molecule has 6 heteroatoms. The van der Waals surface area contributed by atoms with Gasteiger partial charge in [-0.3, -0.25) is 0 Å². The van der Waals surface area contributed by atoms with Crippen LogP contribution in [-0.4, -0.2) is 16.2 Å². The van der Waals surface area contributed by atoms with Gasteiger partial charge in [-0.2, -0.15) is 0 Å². The van der Waals surface area contributed by atoms with E-state index in [1.165, 1.54) is 12.3 Å². The molecule has 0 fully saturated rings. The molecule has 0 unspecified atom stereocenters. The van der Waals surface area contributed by atoms with Crippen molar-refractivity contribution in [2.75, 3.05) is 11.1 Å². The van der Waals surface area contributed by atoms with E-state index in [0.717, 1.165) is 0 Å². The van der Waals surface area contributed by atoms with Gasteiger partial charge in [0.25, 0.3) is 0 Å². The summed E-state index contributed by atoms with van der Waals surface area (Å²) in [6.07, 6.45) is 1.53. The molecule has 0 aliphatic rings. The monoisotopic (exact) mass is 233 g/mol. The van der Waals surface area contributed by atoms with E-state index in [1.54, 1.807) is 18.2 Å². The van der Waals surface area contributed by atoms with E-state index >= 15 is 0 Å². The zero-order valence-electron chi connectivity index (χ0n) is 8.88. The lowest BCUT2D eigenvalue weighted by Gasteiger charge is -2.08. The molecule has 0 aliphatic carbocycles. The van der Waals surface area contributed by atoms with Crippen molar-refractivity contribution < 1.29 is 14.4 Å². The smallest absolute Gasteiger partial charge is 0.337 e. The summed E-state index contributed by atoms with van der Waals surface area (Å²) in [7, 11) is 0. The van der Waals surface area contributed by atoms with E-state index in [-0.39, 0.29) is 5.56 Å². The number of benzene rings is 1. The van der Waals surface area contributed by atoms with Crippen molar-refractivity contribution in [1.29, 1.82) is 0 Å². The molecule has 0 saturated carbocycles. The Balaban J connectivity index is 2.17. The number of nitrogen functional groups attached to an aromatic ring is 1. The number of nitrogens with one attached hydrogen (secondary N) is 1. The number of aromatic nitrogens is 1. The van der Waals surface area contributed by atoms with E-state index < -0.39 is 5.97 Å². The van der Waals surface area contributed by atoms with Crippen molar-refractivity contribution in [2.45, 2.75) is 6.54 Å². The maximum atomic E-state index is 11.0. The van der Waals surface area contributed by atoms with Crippen molar-refractivity contribution in [1.82, 2.24) is 5.16 Å². The molecule has 1 aromatic heterocycles. The highest BCUT2D eigenvalue weighted by Gasteiger charge is 2.10. The van der Waals surface area contributed by atoms with E-state index in [9.17, 15) is 4.79 Å². The molecule has 2 aromatic rings. The number of carbonyl (C=O) groups is 1. The number of rotatable bonds is 4. The second-order valence-electron chi connectivity index (χ2n) is 3.44. The minimum atomic E-state index is -1.03. The molecule has 0 spiro atoms. The van der Waals surface area contributed by atoms with Crippen molar-refractivity contribution in [3.8, 4) is 0 Å². The number of aromatic carboxylic acids is 1. The Labute approximate surface area is 97.0 Å². The van der Waals surface area contributed by atoms with E-state index in [1.807, 2.05) is 0 Å². The summed E-state index contributed by atoms with van der Waals surface area (Å²) < 4.78 is 4.89. The van der Waals surface area contributed by atoms with Gasteiger partial charge in [0, 0.05) is 17.4 Å². The third kappa shape index (κ3) is 2.54. The van der Waals surface area contributed by atoms with Crippen molar-refractivity contribution in [2.24, 2.45) is 0 Å². The van der Waals surface area contributed by atoms with Gasteiger partial charge in [-0.15, -0.1) is 0 Å². The Bertz CT molecular complexity index is 523.